The molecule has 7 nitrogen and oxygen atoms in total. The van der Waals surface area contributed by atoms with E-state index in [4.69, 9.17) is 4.74 Å². The highest BCUT2D eigenvalue weighted by molar-refractivity contribution is 5.90. The average molecular weight is 397 g/mol. The lowest BCUT2D eigenvalue weighted by Crippen LogP contribution is -2.60. The van der Waals surface area contributed by atoms with Crippen LogP contribution in [0.3, 0.4) is 0 Å². The Bertz CT molecular complexity index is 656. The van der Waals surface area contributed by atoms with E-state index < -0.39 is 5.60 Å². The van der Waals surface area contributed by atoms with E-state index in [1.165, 1.54) is 0 Å². The van der Waals surface area contributed by atoms with Gasteiger partial charge in [-0.3, -0.25) is 4.79 Å². The van der Waals surface area contributed by atoms with Gasteiger partial charge in [0.2, 0.25) is 0 Å². The number of piperazine rings is 1. The molecule has 2 fully saturated rings. The lowest BCUT2D eigenvalue weighted by molar-refractivity contribution is -0.159. The molecular formula is C19H29ClN4O3. The minimum Gasteiger partial charge on any atom is -0.368 e. The number of methoxy groups -OCH3 is 1. The van der Waals surface area contributed by atoms with Gasteiger partial charge in [-0.15, -0.1) is 12.4 Å². The molecule has 0 aromatic heterocycles. The van der Waals surface area contributed by atoms with E-state index in [2.05, 4.69) is 10.6 Å². The fourth-order valence-corrected chi connectivity index (χ4v) is 3.66. The van der Waals surface area contributed by atoms with Gasteiger partial charge in [0.05, 0.1) is 0 Å². The third-order valence-corrected chi connectivity index (χ3v) is 5.32. The molecule has 0 spiro atoms. The number of ether oxygens (including phenoxy) is 1. The number of aryl methyl sites for hydroxylation is 1. The van der Waals surface area contributed by atoms with Gasteiger partial charge in [0, 0.05) is 39.0 Å². The molecule has 3 amide bonds. The van der Waals surface area contributed by atoms with Crippen molar-refractivity contribution in [2.24, 2.45) is 0 Å². The van der Waals surface area contributed by atoms with Crippen molar-refractivity contribution in [2.75, 3.05) is 51.7 Å². The molecule has 0 saturated carbocycles. The molecule has 2 saturated heterocycles. The highest BCUT2D eigenvalue weighted by Crippen LogP contribution is 2.26. The molecule has 2 aliphatic heterocycles. The van der Waals surface area contributed by atoms with Crippen molar-refractivity contribution in [2.45, 2.75) is 25.4 Å². The van der Waals surface area contributed by atoms with Crippen molar-refractivity contribution in [3.63, 3.8) is 0 Å². The molecule has 1 aromatic rings. The molecule has 8 heteroatoms. The van der Waals surface area contributed by atoms with E-state index >= 15 is 0 Å². The summed E-state index contributed by atoms with van der Waals surface area (Å²) in [7, 11) is 1.62. The predicted octanol–water partition coefficient (Wildman–Crippen LogP) is 1.86. The lowest BCUT2D eigenvalue weighted by atomic mass is 9.90. The number of nitrogens with zero attached hydrogens (tertiary/aromatic N) is 2. The largest absolute Gasteiger partial charge is 0.368 e. The fourth-order valence-electron chi connectivity index (χ4n) is 3.66. The number of benzene rings is 1. The minimum absolute atomic E-state index is 0. The summed E-state index contributed by atoms with van der Waals surface area (Å²) in [6, 6.07) is 7.62. The van der Waals surface area contributed by atoms with Crippen molar-refractivity contribution in [3.8, 4) is 0 Å². The van der Waals surface area contributed by atoms with Crippen LogP contribution in [0.2, 0.25) is 0 Å². The summed E-state index contributed by atoms with van der Waals surface area (Å²) >= 11 is 0. The molecule has 2 heterocycles. The zero-order valence-corrected chi connectivity index (χ0v) is 16.8. The molecule has 0 radical (unpaired) electrons. The number of halogens is 1. The highest BCUT2D eigenvalue weighted by atomic mass is 35.5. The molecule has 1 aromatic carbocycles. The summed E-state index contributed by atoms with van der Waals surface area (Å²) in [6.45, 7) is 5.71. The third kappa shape index (κ3) is 4.91. The van der Waals surface area contributed by atoms with Gasteiger partial charge < -0.3 is 25.2 Å². The predicted molar refractivity (Wildman–Crippen MR) is 107 cm³/mol. The summed E-state index contributed by atoms with van der Waals surface area (Å²) in [5.74, 6) is 0.0558. The first-order chi connectivity index (χ1) is 12.5. The fraction of sp³-hybridized carbons (Fsp3) is 0.579. The Labute approximate surface area is 166 Å². The molecule has 3 rings (SSSR count). The summed E-state index contributed by atoms with van der Waals surface area (Å²) < 4.78 is 5.63. The number of carbonyl (C=O) groups is 2. The number of hydrogen-bond acceptors (Lipinski definition) is 4. The van der Waals surface area contributed by atoms with Crippen LogP contribution in [0.25, 0.3) is 0 Å². The van der Waals surface area contributed by atoms with E-state index in [1.54, 1.807) is 12.0 Å². The molecule has 0 atom stereocenters. The first-order valence-electron chi connectivity index (χ1n) is 9.22. The Morgan fingerprint density at radius 1 is 1.11 bits per heavy atom. The number of urea groups is 1. The van der Waals surface area contributed by atoms with Gasteiger partial charge in [-0.2, -0.15) is 0 Å². The van der Waals surface area contributed by atoms with Crippen LogP contribution in [0.5, 0.6) is 0 Å². The average Bonchev–Trinajstić information content (AvgIpc) is 2.68. The summed E-state index contributed by atoms with van der Waals surface area (Å²) in [4.78, 5) is 29.0. The molecular weight excluding hydrogens is 368 g/mol. The number of nitrogens with one attached hydrogen (secondary N) is 2. The Morgan fingerprint density at radius 3 is 2.33 bits per heavy atom. The number of anilines is 1. The Hall–Kier alpha value is -1.83. The van der Waals surface area contributed by atoms with Gasteiger partial charge in [-0.1, -0.05) is 12.1 Å². The first-order valence-corrected chi connectivity index (χ1v) is 9.22. The Morgan fingerprint density at radius 2 is 1.74 bits per heavy atom. The topological polar surface area (TPSA) is 73.9 Å². The number of rotatable bonds is 3. The summed E-state index contributed by atoms with van der Waals surface area (Å²) in [5.41, 5.74) is 1.18. The van der Waals surface area contributed by atoms with E-state index in [0.29, 0.717) is 39.0 Å². The molecule has 0 unspecified atom stereocenters. The smallest absolute Gasteiger partial charge is 0.321 e. The highest BCUT2D eigenvalue weighted by Gasteiger charge is 2.43. The second-order valence-electron chi connectivity index (χ2n) is 7.03. The van der Waals surface area contributed by atoms with Crippen LogP contribution < -0.4 is 10.6 Å². The number of amides is 3. The second-order valence-corrected chi connectivity index (χ2v) is 7.03. The lowest BCUT2D eigenvalue weighted by Gasteiger charge is -2.42. The minimum atomic E-state index is -0.711. The van der Waals surface area contributed by atoms with Crippen LogP contribution in [0, 0.1) is 6.92 Å². The number of carbonyl (C=O) groups excluding carboxylic acids is 2. The van der Waals surface area contributed by atoms with E-state index in [-0.39, 0.29) is 24.3 Å². The molecule has 0 bridgehead atoms. The summed E-state index contributed by atoms with van der Waals surface area (Å²) in [6.07, 6.45) is 1.38. The van der Waals surface area contributed by atoms with Crippen molar-refractivity contribution in [1.29, 1.82) is 0 Å². The molecule has 2 aliphatic rings. The SMILES string of the molecule is COC1(C(=O)N2CCN(C(=O)Nc3cccc(C)c3)CC2)CCNCC1.Cl. The van der Waals surface area contributed by atoms with Crippen LogP contribution in [-0.2, 0) is 9.53 Å². The van der Waals surface area contributed by atoms with Gasteiger partial charge in [0.15, 0.2) is 0 Å². The first kappa shape index (κ1) is 21.5. The van der Waals surface area contributed by atoms with Crippen LogP contribution in [0.1, 0.15) is 18.4 Å². The molecule has 0 aliphatic carbocycles. The molecule has 150 valence electrons. The zero-order valence-electron chi connectivity index (χ0n) is 16.0. The van der Waals surface area contributed by atoms with Crippen LogP contribution in [0.4, 0.5) is 10.5 Å². The Kier molecular flexibility index (Phi) is 7.47. The van der Waals surface area contributed by atoms with Crippen molar-refractivity contribution in [1.82, 2.24) is 15.1 Å². The monoisotopic (exact) mass is 396 g/mol. The normalized spacial score (nSPS) is 19.2. The number of piperidine rings is 1. The Balaban J connectivity index is 0.00000261. The molecule has 27 heavy (non-hydrogen) atoms. The third-order valence-electron chi connectivity index (χ3n) is 5.32. The molecule has 2 N–H and O–H groups in total. The van der Waals surface area contributed by atoms with Gasteiger partial charge >= 0.3 is 6.03 Å². The standard InChI is InChI=1S/C19H28N4O3.ClH/c1-15-4-3-5-16(14-15)21-18(25)23-12-10-22(11-13-23)17(24)19(26-2)6-8-20-9-7-19;/h3-5,14,20H,6-13H2,1-2H3,(H,21,25);1H. The van der Waals surface area contributed by atoms with Crippen molar-refractivity contribution in [3.05, 3.63) is 29.8 Å². The quantitative estimate of drug-likeness (QED) is 0.817. The van der Waals surface area contributed by atoms with Gasteiger partial charge in [0.1, 0.15) is 5.60 Å². The van der Waals surface area contributed by atoms with Crippen molar-refractivity contribution < 1.29 is 14.3 Å². The zero-order chi connectivity index (χ0) is 18.6. The maximum Gasteiger partial charge on any atom is 0.321 e. The second kappa shape index (κ2) is 9.39. The van der Waals surface area contributed by atoms with Gasteiger partial charge in [-0.05, 0) is 50.6 Å². The summed E-state index contributed by atoms with van der Waals surface area (Å²) in [5, 5.41) is 6.20. The van der Waals surface area contributed by atoms with E-state index in [1.807, 2.05) is 36.1 Å². The maximum absolute atomic E-state index is 13.0. The number of hydrogen-bond donors (Lipinski definition) is 2. The van der Waals surface area contributed by atoms with Gasteiger partial charge in [0.25, 0.3) is 5.91 Å². The van der Waals surface area contributed by atoms with Crippen LogP contribution in [-0.4, -0.2) is 73.7 Å². The van der Waals surface area contributed by atoms with Crippen molar-refractivity contribution >= 4 is 30.0 Å². The maximum atomic E-state index is 13.0. The van der Waals surface area contributed by atoms with E-state index in [0.717, 1.165) is 24.3 Å². The van der Waals surface area contributed by atoms with Gasteiger partial charge in [-0.25, -0.2) is 4.79 Å². The van der Waals surface area contributed by atoms with Crippen LogP contribution >= 0.6 is 12.4 Å². The van der Waals surface area contributed by atoms with E-state index in [9.17, 15) is 9.59 Å². The van der Waals surface area contributed by atoms with Crippen LogP contribution in [0.15, 0.2) is 24.3 Å².